The van der Waals surface area contributed by atoms with Gasteiger partial charge in [-0.15, -0.1) is 0 Å². The van der Waals surface area contributed by atoms with E-state index in [1.807, 2.05) is 0 Å². The number of rotatable bonds is 5. The quantitative estimate of drug-likeness (QED) is 0.644. The van der Waals surface area contributed by atoms with E-state index in [4.69, 9.17) is 4.42 Å². The fraction of sp³-hybridized carbons (Fsp3) is 0.118. The molecule has 2 N–H and O–H groups in total. The first kappa shape index (κ1) is 19.2. The summed E-state index contributed by atoms with van der Waals surface area (Å²) in [7, 11) is -1.74. The van der Waals surface area contributed by atoms with Gasteiger partial charge in [-0.1, -0.05) is 6.07 Å². The number of carbonyl (C=O) groups excluding carboxylic acids is 1. The number of carbonyl (C=O) groups is 1. The largest absolute Gasteiger partial charge is 0.459 e. The highest BCUT2D eigenvalue weighted by molar-refractivity contribution is 7.92. The predicted molar refractivity (Wildman–Crippen MR) is 101 cm³/mol. The van der Waals surface area contributed by atoms with E-state index in [1.54, 1.807) is 12.1 Å². The molecule has 0 aliphatic carbocycles. The third kappa shape index (κ3) is 3.74. The Bertz CT molecular complexity index is 1260. The fourth-order valence-electron chi connectivity index (χ4n) is 2.43. The van der Waals surface area contributed by atoms with Gasteiger partial charge in [0.1, 0.15) is 0 Å². The number of nitrogens with one attached hydrogen (secondary N) is 2. The monoisotopic (exact) mass is 404 g/mol. The Hall–Kier alpha value is -3.60. The van der Waals surface area contributed by atoms with Crippen molar-refractivity contribution in [2.45, 2.75) is 4.90 Å². The van der Waals surface area contributed by atoms with Crippen molar-refractivity contribution in [1.82, 2.24) is 9.13 Å². The number of nitrogens with zero attached hydrogens (tertiary/aromatic N) is 2. The zero-order chi connectivity index (χ0) is 20.5. The molecule has 0 unspecified atom stereocenters. The van der Waals surface area contributed by atoms with Crippen molar-refractivity contribution < 1.29 is 17.6 Å². The number of furan rings is 1. The van der Waals surface area contributed by atoms with Crippen LogP contribution in [0.3, 0.4) is 0 Å². The van der Waals surface area contributed by atoms with Crippen molar-refractivity contribution in [2.24, 2.45) is 14.1 Å². The predicted octanol–water partition coefficient (Wildman–Crippen LogP) is 0.730. The van der Waals surface area contributed by atoms with E-state index in [1.165, 1.54) is 44.6 Å². The molecule has 0 bridgehead atoms. The number of aromatic nitrogens is 2. The average molecular weight is 404 g/mol. The highest BCUT2D eigenvalue weighted by Crippen LogP contribution is 2.19. The number of sulfonamides is 1. The maximum atomic E-state index is 12.6. The normalized spacial score (nSPS) is 11.2. The summed E-state index contributed by atoms with van der Waals surface area (Å²) in [5.41, 5.74) is -1.16. The van der Waals surface area contributed by atoms with E-state index in [9.17, 15) is 22.8 Å². The Kier molecular flexibility index (Phi) is 4.92. The van der Waals surface area contributed by atoms with Crippen molar-refractivity contribution in [3.05, 3.63) is 75.5 Å². The third-order valence-corrected chi connectivity index (χ3v) is 5.19. The van der Waals surface area contributed by atoms with E-state index in [2.05, 4.69) is 10.0 Å². The van der Waals surface area contributed by atoms with Crippen LogP contribution < -0.4 is 21.3 Å². The summed E-state index contributed by atoms with van der Waals surface area (Å²) in [6.07, 6.45) is 2.31. The molecule has 2 aromatic heterocycles. The Labute approximate surface area is 159 Å². The zero-order valence-electron chi connectivity index (χ0n) is 14.9. The third-order valence-electron chi connectivity index (χ3n) is 3.82. The summed E-state index contributed by atoms with van der Waals surface area (Å²) in [6, 6.07) is 8.96. The lowest BCUT2D eigenvalue weighted by Crippen LogP contribution is -2.40. The lowest BCUT2D eigenvalue weighted by molar-refractivity contribution is 0.0996. The Morgan fingerprint density at radius 3 is 2.46 bits per heavy atom. The van der Waals surface area contributed by atoms with Gasteiger partial charge >= 0.3 is 5.69 Å². The minimum atomic E-state index is -4.27. The summed E-state index contributed by atoms with van der Waals surface area (Å²) in [5.74, 6) is -0.406. The van der Waals surface area contributed by atoms with E-state index in [0.717, 1.165) is 10.8 Å². The van der Waals surface area contributed by atoms with Crippen LogP contribution in [-0.4, -0.2) is 23.5 Å². The van der Waals surface area contributed by atoms with Gasteiger partial charge in [0.15, 0.2) is 10.7 Å². The number of aryl methyl sites for hydroxylation is 1. The van der Waals surface area contributed by atoms with Crippen LogP contribution in [0.1, 0.15) is 10.6 Å². The van der Waals surface area contributed by atoms with Gasteiger partial charge < -0.3 is 14.3 Å². The zero-order valence-corrected chi connectivity index (χ0v) is 15.7. The molecule has 0 fully saturated rings. The molecule has 28 heavy (non-hydrogen) atoms. The first-order valence-corrected chi connectivity index (χ1v) is 9.42. The molecule has 146 valence electrons. The van der Waals surface area contributed by atoms with Gasteiger partial charge in [-0.3, -0.25) is 18.9 Å². The van der Waals surface area contributed by atoms with Crippen LogP contribution in [0, 0.1) is 0 Å². The number of amides is 1. The van der Waals surface area contributed by atoms with Crippen molar-refractivity contribution in [1.29, 1.82) is 0 Å². The molecular weight excluding hydrogens is 388 g/mol. The second-order valence-electron chi connectivity index (χ2n) is 5.87. The minimum absolute atomic E-state index is 0.0969. The van der Waals surface area contributed by atoms with E-state index in [0.29, 0.717) is 10.3 Å². The molecule has 3 rings (SSSR count). The number of benzene rings is 1. The first-order valence-electron chi connectivity index (χ1n) is 7.93. The lowest BCUT2D eigenvalue weighted by Gasteiger charge is -2.11. The molecule has 2 heterocycles. The second-order valence-corrected chi connectivity index (χ2v) is 7.52. The highest BCUT2D eigenvalue weighted by atomic mass is 32.2. The first-order chi connectivity index (χ1) is 13.2. The van der Waals surface area contributed by atoms with Crippen LogP contribution >= 0.6 is 0 Å². The minimum Gasteiger partial charge on any atom is -0.459 e. The van der Waals surface area contributed by atoms with E-state index < -0.39 is 32.1 Å². The fourth-order valence-corrected chi connectivity index (χ4v) is 3.64. The summed E-state index contributed by atoms with van der Waals surface area (Å²) in [6.45, 7) is 0. The molecular formula is C17H16N4O6S. The van der Waals surface area contributed by atoms with Crippen LogP contribution in [-0.2, 0) is 24.1 Å². The maximum absolute atomic E-state index is 12.6. The molecule has 1 aromatic carbocycles. The topological polar surface area (TPSA) is 132 Å². The van der Waals surface area contributed by atoms with Crippen LogP contribution in [0.25, 0.3) is 0 Å². The second kappa shape index (κ2) is 7.19. The number of hydrogen-bond acceptors (Lipinski definition) is 6. The number of anilines is 2. The summed E-state index contributed by atoms with van der Waals surface area (Å²) < 4.78 is 34.2. The van der Waals surface area contributed by atoms with Gasteiger partial charge in [-0.05, 0) is 30.3 Å². The van der Waals surface area contributed by atoms with Crippen LogP contribution in [0.15, 0.2) is 67.8 Å². The molecule has 0 aliphatic heterocycles. The SMILES string of the molecule is Cn1cc(S(=O)(=O)Nc2cccc(NC(=O)c3ccco3)c2)c(=O)n(C)c1=O. The van der Waals surface area contributed by atoms with Crippen molar-refractivity contribution in [3.8, 4) is 0 Å². The van der Waals surface area contributed by atoms with Crippen LogP contribution in [0.2, 0.25) is 0 Å². The van der Waals surface area contributed by atoms with Gasteiger partial charge in [0.25, 0.3) is 21.5 Å². The maximum Gasteiger partial charge on any atom is 0.330 e. The number of hydrogen-bond donors (Lipinski definition) is 2. The molecule has 3 aromatic rings. The molecule has 0 spiro atoms. The van der Waals surface area contributed by atoms with E-state index in [-0.39, 0.29) is 11.4 Å². The standard InChI is InChI=1S/C17H16N4O6S/c1-20-10-14(16(23)21(2)17(20)24)28(25,26)19-12-6-3-5-11(9-12)18-15(22)13-7-4-8-27-13/h3-10,19H,1-2H3,(H,18,22). The van der Waals surface area contributed by atoms with Crippen molar-refractivity contribution >= 4 is 27.3 Å². The molecule has 0 radical (unpaired) electrons. The summed E-state index contributed by atoms with van der Waals surface area (Å²) in [4.78, 5) is 35.4. The lowest BCUT2D eigenvalue weighted by atomic mass is 10.3. The van der Waals surface area contributed by atoms with Gasteiger partial charge in [0.2, 0.25) is 0 Å². The van der Waals surface area contributed by atoms with Crippen LogP contribution in [0.5, 0.6) is 0 Å². The molecule has 0 saturated carbocycles. The Morgan fingerprint density at radius 1 is 1.07 bits per heavy atom. The molecule has 11 heteroatoms. The molecule has 10 nitrogen and oxygen atoms in total. The van der Waals surface area contributed by atoms with Crippen LogP contribution in [0.4, 0.5) is 11.4 Å². The van der Waals surface area contributed by atoms with Crippen molar-refractivity contribution in [3.63, 3.8) is 0 Å². The Morgan fingerprint density at radius 2 is 1.79 bits per heavy atom. The molecule has 0 saturated heterocycles. The summed E-state index contributed by atoms with van der Waals surface area (Å²) >= 11 is 0. The van der Waals surface area contributed by atoms with Crippen molar-refractivity contribution in [2.75, 3.05) is 10.0 Å². The average Bonchev–Trinajstić information content (AvgIpc) is 3.17. The smallest absolute Gasteiger partial charge is 0.330 e. The van der Waals surface area contributed by atoms with Gasteiger partial charge in [0, 0.05) is 26.0 Å². The molecule has 0 aliphatic rings. The van der Waals surface area contributed by atoms with E-state index >= 15 is 0 Å². The highest BCUT2D eigenvalue weighted by Gasteiger charge is 2.21. The Balaban J connectivity index is 1.89. The van der Waals surface area contributed by atoms with Gasteiger partial charge in [-0.25, -0.2) is 13.2 Å². The molecule has 0 atom stereocenters. The summed E-state index contributed by atoms with van der Waals surface area (Å²) in [5, 5.41) is 2.57. The van der Waals surface area contributed by atoms with Gasteiger partial charge in [0.05, 0.1) is 12.0 Å². The van der Waals surface area contributed by atoms with Gasteiger partial charge in [-0.2, -0.15) is 0 Å². The molecule has 1 amide bonds.